The highest BCUT2D eigenvalue weighted by Crippen LogP contribution is 2.14. The fraction of sp³-hybridized carbons (Fsp3) is 0. The maximum Gasteiger partial charge on any atom is 0.269 e. The van der Waals surface area contributed by atoms with Gasteiger partial charge in [0.1, 0.15) is 0 Å². The molecule has 16 heavy (non-hydrogen) atoms. The molecule has 2 aromatic rings. The van der Waals surface area contributed by atoms with Gasteiger partial charge in [0.2, 0.25) is 0 Å². The first-order valence-corrected chi connectivity index (χ1v) is 6.05. The van der Waals surface area contributed by atoms with Crippen LogP contribution in [0.2, 0.25) is 0 Å². The highest BCUT2D eigenvalue weighted by molar-refractivity contribution is 7.55. The number of benzene rings is 2. The molecule has 0 saturated carbocycles. The maximum absolute atomic E-state index is 10.5. The van der Waals surface area contributed by atoms with Crippen molar-refractivity contribution in [3.63, 3.8) is 0 Å². The molecule has 0 heterocycles. The molecule has 80 valence electrons. The number of hydrogen-bond acceptors (Lipinski definition) is 2. The topological polar surface area (TPSA) is 43.1 Å². The normalized spacial score (nSPS) is 10.8. The van der Waals surface area contributed by atoms with Crippen LogP contribution in [0, 0.1) is 10.1 Å². The van der Waals surface area contributed by atoms with Crippen LogP contribution in [-0.2, 0) is 0 Å². The molecule has 0 fully saturated rings. The van der Waals surface area contributed by atoms with E-state index in [2.05, 4.69) is 12.1 Å². The van der Waals surface area contributed by atoms with E-state index in [-0.39, 0.29) is 19.2 Å². The van der Waals surface area contributed by atoms with Crippen LogP contribution in [0.15, 0.2) is 54.6 Å². The molecule has 1 unspecified atom stereocenters. The number of nitrogens with zero attached hydrogens (tertiary/aromatic N) is 1. The van der Waals surface area contributed by atoms with Gasteiger partial charge in [0.15, 0.2) is 0 Å². The second-order valence-electron chi connectivity index (χ2n) is 3.40. The zero-order valence-electron chi connectivity index (χ0n) is 8.54. The minimum absolute atomic E-state index is 0.0234. The van der Waals surface area contributed by atoms with E-state index in [0.717, 1.165) is 5.30 Å². The second kappa shape index (κ2) is 4.86. The lowest BCUT2D eigenvalue weighted by Gasteiger charge is -1.94. The van der Waals surface area contributed by atoms with E-state index < -0.39 is 0 Å². The summed E-state index contributed by atoms with van der Waals surface area (Å²) in [5, 5.41) is 12.9. The first-order valence-electron chi connectivity index (χ1n) is 4.90. The van der Waals surface area contributed by atoms with Crippen molar-refractivity contribution in [1.29, 1.82) is 0 Å². The van der Waals surface area contributed by atoms with Crippen LogP contribution in [0.5, 0.6) is 0 Å². The van der Waals surface area contributed by atoms with Crippen LogP contribution in [-0.4, -0.2) is 4.92 Å². The van der Waals surface area contributed by atoms with E-state index >= 15 is 0 Å². The molecular weight excluding hydrogens is 221 g/mol. The first-order chi connectivity index (χ1) is 7.75. The van der Waals surface area contributed by atoms with Gasteiger partial charge in [-0.2, -0.15) is 0 Å². The summed E-state index contributed by atoms with van der Waals surface area (Å²) in [6.07, 6.45) is 0. The fourth-order valence-electron chi connectivity index (χ4n) is 1.43. The highest BCUT2D eigenvalue weighted by atomic mass is 31.1. The molecular formula is C12H11NO2P+. The quantitative estimate of drug-likeness (QED) is 0.461. The van der Waals surface area contributed by atoms with Crippen molar-refractivity contribution in [2.24, 2.45) is 0 Å². The van der Waals surface area contributed by atoms with Gasteiger partial charge in [-0.05, 0) is 24.3 Å². The lowest BCUT2D eigenvalue weighted by Crippen LogP contribution is -2.02. The lowest BCUT2D eigenvalue weighted by molar-refractivity contribution is -0.384. The van der Waals surface area contributed by atoms with Crippen LogP contribution in [0.25, 0.3) is 0 Å². The van der Waals surface area contributed by atoms with Crippen molar-refractivity contribution >= 4 is 24.9 Å². The molecule has 2 aromatic carbocycles. The minimum atomic E-state index is -0.373. The Morgan fingerprint density at radius 3 is 2.00 bits per heavy atom. The van der Waals surface area contributed by atoms with Crippen molar-refractivity contribution in [3.05, 3.63) is 64.7 Å². The molecule has 0 bridgehead atoms. The van der Waals surface area contributed by atoms with Crippen LogP contribution >= 0.6 is 8.58 Å². The third-order valence-corrected chi connectivity index (χ3v) is 3.67. The van der Waals surface area contributed by atoms with Gasteiger partial charge >= 0.3 is 0 Å². The van der Waals surface area contributed by atoms with E-state index in [9.17, 15) is 10.1 Å². The van der Waals surface area contributed by atoms with Crippen LogP contribution in [0.3, 0.4) is 0 Å². The van der Waals surface area contributed by atoms with Gasteiger partial charge in [-0.1, -0.05) is 18.2 Å². The van der Waals surface area contributed by atoms with Crippen LogP contribution in [0.1, 0.15) is 0 Å². The van der Waals surface area contributed by atoms with Crippen LogP contribution < -0.4 is 10.6 Å². The van der Waals surface area contributed by atoms with Gasteiger partial charge in [0.25, 0.3) is 5.69 Å². The predicted molar refractivity (Wildman–Crippen MR) is 68.5 cm³/mol. The molecule has 1 atom stereocenters. The van der Waals surface area contributed by atoms with E-state index in [4.69, 9.17) is 0 Å². The zero-order valence-corrected chi connectivity index (χ0v) is 9.69. The summed E-state index contributed by atoms with van der Waals surface area (Å²) in [4.78, 5) is 10.1. The molecule has 2 rings (SSSR count). The lowest BCUT2D eigenvalue weighted by atomic mass is 10.3. The number of nitro benzene ring substituents is 1. The first kappa shape index (κ1) is 10.8. The highest BCUT2D eigenvalue weighted by Gasteiger charge is 2.07. The molecule has 4 heteroatoms. The standard InChI is InChI=1S/C12H10NO2P/c14-13(15)10-6-8-12(9-7-10)16-11-4-2-1-3-5-11/h1-9,16H/p+1. The Labute approximate surface area is 95.1 Å². The monoisotopic (exact) mass is 232 g/mol. The molecule has 0 radical (unpaired) electrons. The van der Waals surface area contributed by atoms with E-state index in [0.29, 0.717) is 0 Å². The van der Waals surface area contributed by atoms with E-state index in [1.54, 1.807) is 12.1 Å². The maximum atomic E-state index is 10.5. The number of hydrogen-bond donors (Lipinski definition) is 0. The zero-order chi connectivity index (χ0) is 11.4. The SMILES string of the molecule is O=[N+]([O-])c1ccc([PH2+]c2ccccc2)cc1. The summed E-state index contributed by atoms with van der Waals surface area (Å²) < 4.78 is 0. The Balaban J connectivity index is 2.14. The molecule has 3 nitrogen and oxygen atoms in total. The summed E-state index contributed by atoms with van der Waals surface area (Å²) in [5.74, 6) is 0. The molecule has 0 saturated heterocycles. The van der Waals surface area contributed by atoms with Gasteiger partial charge < -0.3 is 0 Å². The largest absolute Gasteiger partial charge is 0.269 e. The van der Waals surface area contributed by atoms with Crippen molar-refractivity contribution in [3.8, 4) is 0 Å². The second-order valence-corrected chi connectivity index (χ2v) is 5.03. The Kier molecular flexibility index (Phi) is 3.28. The summed E-state index contributed by atoms with van der Waals surface area (Å²) in [5.41, 5.74) is 0.149. The van der Waals surface area contributed by atoms with Gasteiger partial charge in [-0.15, -0.1) is 0 Å². The average Bonchev–Trinajstić information content (AvgIpc) is 2.31. The van der Waals surface area contributed by atoms with E-state index in [1.165, 1.54) is 5.30 Å². The molecule has 0 spiro atoms. The Morgan fingerprint density at radius 1 is 0.875 bits per heavy atom. The number of nitro groups is 1. The summed E-state index contributed by atoms with van der Waals surface area (Å²) in [7, 11) is 0.0234. The summed E-state index contributed by atoms with van der Waals surface area (Å²) in [6.45, 7) is 0. The Bertz CT molecular complexity index is 482. The van der Waals surface area contributed by atoms with Crippen molar-refractivity contribution in [1.82, 2.24) is 0 Å². The van der Waals surface area contributed by atoms with Gasteiger partial charge in [-0.3, -0.25) is 10.1 Å². The molecule has 0 aromatic heterocycles. The van der Waals surface area contributed by atoms with Crippen LogP contribution in [0.4, 0.5) is 5.69 Å². The predicted octanol–water partition coefficient (Wildman–Crippen LogP) is 1.96. The van der Waals surface area contributed by atoms with Crippen molar-refractivity contribution in [2.75, 3.05) is 0 Å². The van der Waals surface area contributed by atoms with Crippen molar-refractivity contribution < 1.29 is 4.92 Å². The van der Waals surface area contributed by atoms with E-state index in [1.807, 2.05) is 30.3 Å². The third kappa shape index (κ3) is 2.65. The molecule has 0 amide bonds. The molecule has 0 N–H and O–H groups in total. The minimum Gasteiger partial charge on any atom is -0.258 e. The van der Waals surface area contributed by atoms with Gasteiger partial charge in [0, 0.05) is 12.1 Å². The average molecular weight is 232 g/mol. The fourth-order valence-corrected chi connectivity index (χ4v) is 2.62. The number of rotatable bonds is 3. The summed E-state index contributed by atoms with van der Waals surface area (Å²) in [6, 6.07) is 16.9. The van der Waals surface area contributed by atoms with Gasteiger partial charge in [-0.25, -0.2) is 0 Å². The Morgan fingerprint density at radius 2 is 1.44 bits per heavy atom. The molecule has 0 aliphatic rings. The number of non-ortho nitro benzene ring substituents is 1. The Hall–Kier alpha value is -1.73. The molecule has 0 aliphatic heterocycles. The van der Waals surface area contributed by atoms with Gasteiger partial charge in [0.05, 0.1) is 24.1 Å². The van der Waals surface area contributed by atoms with Crippen molar-refractivity contribution in [2.45, 2.75) is 0 Å². The summed E-state index contributed by atoms with van der Waals surface area (Å²) >= 11 is 0. The molecule has 0 aliphatic carbocycles. The third-order valence-electron chi connectivity index (χ3n) is 2.24. The smallest absolute Gasteiger partial charge is 0.258 e.